The van der Waals surface area contributed by atoms with Gasteiger partial charge in [-0.15, -0.1) is 0 Å². The highest BCUT2D eigenvalue weighted by Gasteiger charge is 2.20. The van der Waals surface area contributed by atoms with Crippen molar-refractivity contribution in [2.24, 2.45) is 0 Å². The molecule has 408 valence electrons. The first-order valence-electron chi connectivity index (χ1n) is 31.1. The number of carbonyl (C=O) groups excluding carboxylic acids is 2. The number of nitrogens with one attached hydrogen (secondary N) is 1. The number of allylic oxidation sites excluding steroid dienone is 4. The van der Waals surface area contributed by atoms with Gasteiger partial charge in [-0.1, -0.05) is 276 Å². The van der Waals surface area contributed by atoms with Gasteiger partial charge in [-0.3, -0.25) is 9.59 Å². The van der Waals surface area contributed by atoms with Crippen LogP contribution in [-0.2, 0) is 14.3 Å². The third-order valence-electron chi connectivity index (χ3n) is 14.5. The molecule has 0 bridgehead atoms. The number of rotatable bonds is 58. The van der Waals surface area contributed by atoms with E-state index in [-0.39, 0.29) is 18.5 Å². The van der Waals surface area contributed by atoms with Gasteiger partial charge in [-0.05, 0) is 77.0 Å². The summed E-state index contributed by atoms with van der Waals surface area (Å²) in [6.07, 6.45) is 72.0. The quantitative estimate of drug-likeness (QED) is 0.0321. The molecule has 6 heteroatoms. The molecule has 3 N–H and O–H groups in total. The van der Waals surface area contributed by atoms with Crippen LogP contribution in [-0.4, -0.2) is 47.4 Å². The van der Waals surface area contributed by atoms with Crippen LogP contribution < -0.4 is 5.32 Å². The summed E-state index contributed by atoms with van der Waals surface area (Å²) in [5.41, 5.74) is 0. The average Bonchev–Trinajstić information content (AvgIpc) is 3.35. The molecular weight excluding hydrogens is 851 g/mol. The van der Waals surface area contributed by atoms with Crippen LogP contribution in [0.4, 0.5) is 0 Å². The number of hydrogen-bond donors (Lipinski definition) is 3. The van der Waals surface area contributed by atoms with E-state index in [1.54, 1.807) is 0 Å². The second-order valence-corrected chi connectivity index (χ2v) is 21.4. The van der Waals surface area contributed by atoms with Crippen LogP contribution in [0.15, 0.2) is 24.3 Å². The molecule has 0 fully saturated rings. The van der Waals surface area contributed by atoms with Crippen molar-refractivity contribution in [1.82, 2.24) is 5.32 Å². The molecule has 2 atom stereocenters. The molecule has 0 aromatic heterocycles. The maximum Gasteiger partial charge on any atom is 0.305 e. The third-order valence-corrected chi connectivity index (χ3v) is 14.5. The number of unbranched alkanes of at least 4 members (excludes halogenated alkanes) is 43. The van der Waals surface area contributed by atoms with E-state index in [1.165, 1.54) is 263 Å². The lowest BCUT2D eigenvalue weighted by Gasteiger charge is -2.22. The van der Waals surface area contributed by atoms with E-state index in [9.17, 15) is 19.8 Å². The molecule has 0 aromatic carbocycles. The normalized spacial score (nSPS) is 12.7. The smallest absolute Gasteiger partial charge is 0.305 e. The predicted molar refractivity (Wildman–Crippen MR) is 301 cm³/mol. The molecule has 0 saturated carbocycles. The summed E-state index contributed by atoms with van der Waals surface area (Å²) in [7, 11) is 0. The van der Waals surface area contributed by atoms with Crippen LogP contribution in [0, 0.1) is 0 Å². The van der Waals surface area contributed by atoms with E-state index >= 15 is 0 Å². The van der Waals surface area contributed by atoms with Crippen LogP contribution >= 0.6 is 0 Å². The second kappa shape index (κ2) is 58.9. The van der Waals surface area contributed by atoms with Crippen molar-refractivity contribution in [2.45, 2.75) is 353 Å². The Morgan fingerprint density at radius 3 is 1.03 bits per heavy atom. The Balaban J connectivity index is 3.36. The lowest BCUT2D eigenvalue weighted by molar-refractivity contribution is -0.143. The maximum atomic E-state index is 12.4. The predicted octanol–water partition coefficient (Wildman–Crippen LogP) is 19.4. The summed E-state index contributed by atoms with van der Waals surface area (Å²) in [4.78, 5) is 24.5. The molecule has 69 heavy (non-hydrogen) atoms. The van der Waals surface area contributed by atoms with Gasteiger partial charge in [0.1, 0.15) is 0 Å². The van der Waals surface area contributed by atoms with E-state index in [0.717, 1.165) is 44.9 Å². The summed E-state index contributed by atoms with van der Waals surface area (Å²) >= 11 is 0. The standard InChI is InChI=1S/C63H121NO5/c1-3-5-7-9-11-13-15-16-17-18-28-31-34-37-41-45-49-53-57-63(68)69-58-54-50-46-42-38-35-32-29-26-24-22-20-19-21-23-25-27-30-33-36-40-44-48-52-56-62(67)64-60(59-65)61(66)55-51-47-43-39-14-12-10-8-6-4-2/h17-18,21,23,60-61,65-66H,3-16,19-20,22,24-59H2,1-2H3,(H,64,67)/b18-17-,23-21-. The Morgan fingerprint density at radius 2 is 0.681 bits per heavy atom. The molecule has 0 radical (unpaired) electrons. The second-order valence-electron chi connectivity index (χ2n) is 21.4. The highest BCUT2D eigenvalue weighted by molar-refractivity contribution is 5.76. The molecule has 0 saturated heterocycles. The molecule has 0 aromatic rings. The molecule has 0 aliphatic heterocycles. The monoisotopic (exact) mass is 972 g/mol. The summed E-state index contributed by atoms with van der Waals surface area (Å²) in [6.45, 7) is 4.95. The van der Waals surface area contributed by atoms with Crippen LogP contribution in [0.25, 0.3) is 0 Å². The summed E-state index contributed by atoms with van der Waals surface area (Å²) < 4.78 is 5.49. The Kier molecular flexibility index (Phi) is 57.5. The molecule has 0 spiro atoms. The number of carbonyl (C=O) groups is 2. The van der Waals surface area contributed by atoms with Crippen molar-refractivity contribution in [1.29, 1.82) is 0 Å². The van der Waals surface area contributed by atoms with Crippen molar-refractivity contribution >= 4 is 11.9 Å². The number of ether oxygens (including phenoxy) is 1. The van der Waals surface area contributed by atoms with Crippen LogP contribution in [0.1, 0.15) is 341 Å². The first-order valence-corrected chi connectivity index (χ1v) is 31.1. The highest BCUT2D eigenvalue weighted by Crippen LogP contribution is 2.17. The fourth-order valence-electron chi connectivity index (χ4n) is 9.69. The SMILES string of the molecule is CCCCCCCCC/C=C\CCCCCCCCCC(=O)OCCCCCCCCCCCCCC/C=C\CCCCCCCCCCC(=O)NC(CO)C(O)CCCCCCCCCCCC. The number of esters is 1. The molecule has 2 unspecified atom stereocenters. The van der Waals surface area contributed by atoms with Crippen LogP contribution in [0.2, 0.25) is 0 Å². The van der Waals surface area contributed by atoms with Crippen molar-refractivity contribution in [3.05, 3.63) is 24.3 Å². The highest BCUT2D eigenvalue weighted by atomic mass is 16.5. The van der Waals surface area contributed by atoms with Gasteiger partial charge in [0, 0.05) is 12.8 Å². The van der Waals surface area contributed by atoms with E-state index in [1.807, 2.05) is 0 Å². The minimum atomic E-state index is -0.665. The Labute approximate surface area is 431 Å². The maximum absolute atomic E-state index is 12.4. The first kappa shape index (κ1) is 67.3. The lowest BCUT2D eigenvalue weighted by Crippen LogP contribution is -2.45. The molecule has 6 nitrogen and oxygen atoms in total. The van der Waals surface area contributed by atoms with Crippen molar-refractivity contribution in [3.8, 4) is 0 Å². The van der Waals surface area contributed by atoms with E-state index < -0.39 is 12.1 Å². The number of aliphatic hydroxyl groups is 2. The number of amides is 1. The zero-order valence-corrected chi connectivity index (χ0v) is 46.6. The summed E-state index contributed by atoms with van der Waals surface area (Å²) in [6, 6.07) is -0.543. The summed E-state index contributed by atoms with van der Waals surface area (Å²) in [5, 5.41) is 23.1. The van der Waals surface area contributed by atoms with Gasteiger partial charge in [0.2, 0.25) is 5.91 Å². The van der Waals surface area contributed by atoms with Crippen molar-refractivity contribution in [2.75, 3.05) is 13.2 Å². The zero-order chi connectivity index (χ0) is 50.0. The molecule has 0 aliphatic carbocycles. The average molecular weight is 973 g/mol. The molecule has 0 heterocycles. The minimum Gasteiger partial charge on any atom is -0.466 e. The molecular formula is C63H121NO5. The van der Waals surface area contributed by atoms with Gasteiger partial charge in [-0.25, -0.2) is 0 Å². The Bertz CT molecular complexity index is 1080. The van der Waals surface area contributed by atoms with Crippen molar-refractivity contribution in [3.63, 3.8) is 0 Å². The van der Waals surface area contributed by atoms with Gasteiger partial charge in [0.05, 0.1) is 25.4 Å². The van der Waals surface area contributed by atoms with Gasteiger partial charge in [0.15, 0.2) is 0 Å². The fourth-order valence-corrected chi connectivity index (χ4v) is 9.69. The third kappa shape index (κ3) is 55.5. The van der Waals surface area contributed by atoms with Gasteiger partial charge in [-0.2, -0.15) is 0 Å². The topological polar surface area (TPSA) is 95.9 Å². The minimum absolute atomic E-state index is 0.00985. The Morgan fingerprint density at radius 1 is 0.391 bits per heavy atom. The van der Waals surface area contributed by atoms with E-state index in [4.69, 9.17) is 4.74 Å². The van der Waals surface area contributed by atoms with Crippen LogP contribution in [0.3, 0.4) is 0 Å². The van der Waals surface area contributed by atoms with Gasteiger partial charge >= 0.3 is 5.97 Å². The molecule has 0 rings (SSSR count). The molecule has 1 amide bonds. The first-order chi connectivity index (χ1) is 34.0. The van der Waals surface area contributed by atoms with Gasteiger partial charge < -0.3 is 20.3 Å². The number of hydrogen-bond acceptors (Lipinski definition) is 5. The van der Waals surface area contributed by atoms with E-state index in [0.29, 0.717) is 25.9 Å². The zero-order valence-electron chi connectivity index (χ0n) is 46.6. The van der Waals surface area contributed by atoms with Gasteiger partial charge in [0.25, 0.3) is 0 Å². The number of aliphatic hydroxyl groups excluding tert-OH is 2. The lowest BCUT2D eigenvalue weighted by atomic mass is 10.0. The largest absolute Gasteiger partial charge is 0.466 e. The molecule has 0 aliphatic rings. The fraction of sp³-hybridized carbons (Fsp3) is 0.905. The van der Waals surface area contributed by atoms with Crippen LogP contribution in [0.5, 0.6) is 0 Å². The Hall–Kier alpha value is -1.66. The van der Waals surface area contributed by atoms with Crippen molar-refractivity contribution < 1.29 is 24.5 Å². The summed E-state index contributed by atoms with van der Waals surface area (Å²) in [5.74, 6) is -0.0305. The van der Waals surface area contributed by atoms with E-state index in [2.05, 4.69) is 43.5 Å².